The first kappa shape index (κ1) is 15.4. The summed E-state index contributed by atoms with van der Waals surface area (Å²) in [5.41, 5.74) is 0. The molecule has 0 bridgehead atoms. The summed E-state index contributed by atoms with van der Waals surface area (Å²) in [7, 11) is 0. The number of rotatable bonds is 4. The van der Waals surface area contributed by atoms with Crippen LogP contribution in [-0.2, 0) is 0 Å². The number of hydrogen-bond donors (Lipinski definition) is 0. The van der Waals surface area contributed by atoms with Crippen molar-refractivity contribution in [2.24, 2.45) is 0 Å². The number of aromatic nitrogens is 8. The summed E-state index contributed by atoms with van der Waals surface area (Å²) in [6.45, 7) is -1.64. The Labute approximate surface area is 169 Å². The Kier molecular flexibility index (Phi) is 4.45. The van der Waals surface area contributed by atoms with E-state index in [1.165, 1.54) is 0 Å². The second-order valence-corrected chi connectivity index (χ2v) is 4.73. The van der Waals surface area contributed by atoms with Crippen LogP contribution in [0.5, 0.6) is 0 Å². The maximum atomic E-state index is 4.20. The van der Waals surface area contributed by atoms with Crippen LogP contribution in [-0.4, -0.2) is 44.5 Å². The molecule has 0 radical (unpaired) electrons. The van der Waals surface area contributed by atoms with Gasteiger partial charge in [-0.3, -0.25) is 0 Å². The molecular weight excluding hydrogens is 306 g/mol. The predicted octanol–water partition coefficient (Wildman–Crippen LogP) is -2.59. The fourth-order valence-electron chi connectivity index (χ4n) is 2.82. The fraction of sp³-hybridized carbons (Fsp3) is 0. The molecule has 0 aliphatic heterocycles. The van der Waals surface area contributed by atoms with E-state index in [0.717, 1.165) is 0 Å². The Bertz CT molecular complexity index is 649. The Morgan fingerprint density at radius 1 is 0.500 bits per heavy atom. The molecule has 0 unspecified atom stereocenters. The van der Waals surface area contributed by atoms with Crippen molar-refractivity contribution in [1.82, 2.24) is 37.8 Å². The molecule has 104 valence electrons. The third kappa shape index (κ3) is 2.23. The van der Waals surface area contributed by atoms with Gasteiger partial charge in [-0.1, -0.05) is 0 Å². The zero-order valence-corrected chi connectivity index (χ0v) is 15.2. The molecule has 0 atom stereocenters. The van der Waals surface area contributed by atoms with Gasteiger partial charge in [0.25, 0.3) is 0 Å². The first-order chi connectivity index (χ1) is 10.4. The normalized spacial score (nSPS) is 11.3. The van der Waals surface area contributed by atoms with E-state index < -0.39 is 6.69 Å². The Morgan fingerprint density at radius 3 is 0.955 bits per heavy atom. The van der Waals surface area contributed by atoms with Crippen molar-refractivity contribution in [2.45, 2.75) is 0 Å². The van der Waals surface area contributed by atoms with Crippen LogP contribution >= 0.6 is 0 Å². The second-order valence-electron chi connectivity index (χ2n) is 4.73. The minimum atomic E-state index is -1.64. The topological polar surface area (TPSA) is 71.3 Å². The third-order valence-electron chi connectivity index (χ3n) is 3.70. The molecule has 0 spiro atoms. The SMILES string of the molecule is [K+].c1cn([B-](n2ccnc2)(n2ccnc2)n2ccnc2)cn1. The zero-order valence-electron chi connectivity index (χ0n) is 12.1. The molecule has 0 aliphatic rings. The molecule has 4 aromatic rings. The average Bonchev–Trinajstić information content (AvgIpc) is 3.32. The summed E-state index contributed by atoms with van der Waals surface area (Å²) in [6.07, 6.45) is 21.8. The zero-order chi connectivity index (χ0) is 14.1. The van der Waals surface area contributed by atoms with Gasteiger partial charge in [-0.25, -0.2) is 19.9 Å². The van der Waals surface area contributed by atoms with Gasteiger partial charge in [-0.05, 0) is 24.8 Å². The standard InChI is InChI=1S/C12H12BN8.K/c1-5-18(9-14-1)13(19-6-2-15-10-19,20-7-3-16-11-20)21-8-4-17-12-21;/h1-12H;/q-1;+1. The van der Waals surface area contributed by atoms with Gasteiger partial charge >= 0.3 is 58.1 Å². The van der Waals surface area contributed by atoms with E-state index in [1.807, 2.05) is 42.7 Å². The van der Waals surface area contributed by atoms with Gasteiger partial charge in [0.1, 0.15) is 0 Å². The molecule has 0 saturated heterocycles. The molecule has 22 heavy (non-hydrogen) atoms. The number of nitrogens with zero attached hydrogens (tertiary/aromatic N) is 8. The molecule has 4 aromatic heterocycles. The third-order valence-corrected chi connectivity index (χ3v) is 3.70. The molecule has 0 fully saturated rings. The first-order valence-corrected chi connectivity index (χ1v) is 6.50. The monoisotopic (exact) mass is 318 g/mol. The van der Waals surface area contributed by atoms with Gasteiger partial charge in [-0.15, -0.1) is 0 Å². The Balaban J connectivity index is 0.00000144. The summed E-state index contributed by atoms with van der Waals surface area (Å²) in [6, 6.07) is 0. The summed E-state index contributed by atoms with van der Waals surface area (Å²) in [5.74, 6) is 0. The molecular formula is C12H12BKN8. The Hall–Kier alpha value is -1.46. The van der Waals surface area contributed by atoms with Crippen LogP contribution in [0.3, 0.4) is 0 Å². The molecule has 4 heterocycles. The van der Waals surface area contributed by atoms with E-state index in [9.17, 15) is 0 Å². The molecule has 0 aliphatic carbocycles. The van der Waals surface area contributed by atoms with Crippen LogP contribution in [0.2, 0.25) is 0 Å². The predicted molar refractivity (Wildman–Crippen MR) is 76.3 cm³/mol. The molecule has 4 rings (SSSR count). The van der Waals surface area contributed by atoms with Crippen molar-refractivity contribution in [2.75, 3.05) is 0 Å². The maximum absolute atomic E-state index is 4.20. The maximum Gasteiger partial charge on any atom is 1.00 e. The number of hydrogen-bond acceptors (Lipinski definition) is 4. The van der Waals surface area contributed by atoms with E-state index in [-0.39, 0.29) is 51.4 Å². The van der Waals surface area contributed by atoms with Gasteiger partial charge in [0.15, 0.2) is 0 Å². The summed E-state index contributed by atoms with van der Waals surface area (Å²) < 4.78 is 8.08. The molecule has 0 saturated carbocycles. The first-order valence-electron chi connectivity index (χ1n) is 6.50. The van der Waals surface area contributed by atoms with E-state index in [1.54, 1.807) is 50.1 Å². The van der Waals surface area contributed by atoms with Crippen molar-refractivity contribution in [1.29, 1.82) is 0 Å². The van der Waals surface area contributed by atoms with Gasteiger partial charge < -0.3 is 17.9 Å². The summed E-state index contributed by atoms with van der Waals surface area (Å²) >= 11 is 0. The Morgan fingerprint density at radius 2 is 0.773 bits per heavy atom. The number of imidazole rings is 4. The van der Waals surface area contributed by atoms with Gasteiger partial charge in [0.05, 0.1) is 25.3 Å². The van der Waals surface area contributed by atoms with E-state index in [0.29, 0.717) is 0 Å². The fourth-order valence-corrected chi connectivity index (χ4v) is 2.82. The van der Waals surface area contributed by atoms with E-state index >= 15 is 0 Å². The van der Waals surface area contributed by atoms with Crippen LogP contribution in [0.4, 0.5) is 0 Å². The second kappa shape index (κ2) is 6.34. The van der Waals surface area contributed by atoms with Crippen LogP contribution in [0.25, 0.3) is 0 Å². The summed E-state index contributed by atoms with van der Waals surface area (Å²) in [5, 5.41) is 0. The molecule has 0 aromatic carbocycles. The van der Waals surface area contributed by atoms with E-state index in [4.69, 9.17) is 0 Å². The average molecular weight is 318 g/mol. The quantitative estimate of drug-likeness (QED) is 0.387. The van der Waals surface area contributed by atoms with Crippen molar-refractivity contribution in [3.63, 3.8) is 0 Å². The van der Waals surface area contributed by atoms with Crippen molar-refractivity contribution < 1.29 is 51.4 Å². The van der Waals surface area contributed by atoms with Crippen molar-refractivity contribution in [3.05, 3.63) is 74.9 Å². The van der Waals surface area contributed by atoms with E-state index in [2.05, 4.69) is 19.9 Å². The smallest absolute Gasteiger partial charge is 0.455 e. The van der Waals surface area contributed by atoms with Gasteiger partial charge in [0, 0.05) is 24.8 Å². The molecule has 0 N–H and O–H groups in total. The van der Waals surface area contributed by atoms with Gasteiger partial charge in [-0.2, -0.15) is 0 Å². The van der Waals surface area contributed by atoms with Crippen molar-refractivity contribution in [3.8, 4) is 0 Å². The van der Waals surface area contributed by atoms with Crippen LogP contribution in [0, 0.1) is 0 Å². The molecule has 8 nitrogen and oxygen atoms in total. The minimum Gasteiger partial charge on any atom is -0.455 e. The minimum absolute atomic E-state index is 0. The largest absolute Gasteiger partial charge is 1.00 e. The van der Waals surface area contributed by atoms with Crippen molar-refractivity contribution >= 4 is 6.69 Å². The van der Waals surface area contributed by atoms with Crippen LogP contribution in [0.1, 0.15) is 0 Å². The van der Waals surface area contributed by atoms with Crippen LogP contribution in [0.15, 0.2) is 74.9 Å². The molecule has 10 heteroatoms. The molecule has 0 amide bonds. The summed E-state index contributed by atoms with van der Waals surface area (Å²) in [4.78, 5) is 16.8. The van der Waals surface area contributed by atoms with Crippen LogP contribution < -0.4 is 51.4 Å². The van der Waals surface area contributed by atoms with Gasteiger partial charge in [0.2, 0.25) is 0 Å².